The summed E-state index contributed by atoms with van der Waals surface area (Å²) in [6, 6.07) is 12.2. The summed E-state index contributed by atoms with van der Waals surface area (Å²) < 4.78 is 3.11. The Morgan fingerprint density at radius 3 is 2.67 bits per heavy atom. The van der Waals surface area contributed by atoms with Crippen molar-refractivity contribution in [1.82, 2.24) is 9.78 Å². The first-order valence-electron chi connectivity index (χ1n) is 6.88. The molecule has 2 aromatic heterocycles. The number of rotatable bonds is 4. The molecule has 0 saturated heterocycles. The molecule has 0 atom stereocenters. The Morgan fingerprint density at radius 1 is 1.29 bits per heavy atom. The first-order chi connectivity index (χ1) is 10.2. The molecular formula is C16H16IN3S. The molecule has 0 aliphatic rings. The van der Waals surface area contributed by atoms with Crippen molar-refractivity contribution in [3.05, 3.63) is 50.2 Å². The summed E-state index contributed by atoms with van der Waals surface area (Å²) in [5.74, 6) is 0.749. The van der Waals surface area contributed by atoms with Crippen LogP contribution < -0.4 is 5.73 Å². The van der Waals surface area contributed by atoms with Crippen LogP contribution in [0, 0.1) is 2.88 Å². The third-order valence-corrected chi connectivity index (χ3v) is 5.15. The number of anilines is 1. The largest absolute Gasteiger partial charge is 0.383 e. The molecule has 0 aliphatic heterocycles. The number of benzene rings is 1. The van der Waals surface area contributed by atoms with Crippen LogP contribution in [0.2, 0.25) is 0 Å². The Bertz CT molecular complexity index is 746. The van der Waals surface area contributed by atoms with Gasteiger partial charge < -0.3 is 5.73 Å². The van der Waals surface area contributed by atoms with E-state index in [0.717, 1.165) is 41.2 Å². The van der Waals surface area contributed by atoms with E-state index in [0.29, 0.717) is 0 Å². The van der Waals surface area contributed by atoms with E-state index in [1.165, 1.54) is 2.88 Å². The third kappa shape index (κ3) is 2.85. The molecule has 5 heteroatoms. The smallest absolute Gasteiger partial charge is 0.131 e. The number of aromatic nitrogens is 2. The first kappa shape index (κ1) is 14.6. The molecule has 3 aromatic rings. The van der Waals surface area contributed by atoms with E-state index in [4.69, 9.17) is 10.8 Å². The van der Waals surface area contributed by atoms with Crippen molar-refractivity contribution in [3.8, 4) is 16.9 Å². The second-order valence-corrected chi connectivity index (χ2v) is 7.65. The van der Waals surface area contributed by atoms with E-state index >= 15 is 0 Å². The summed E-state index contributed by atoms with van der Waals surface area (Å²) in [6.45, 7) is 2.17. The fourth-order valence-electron chi connectivity index (χ4n) is 2.39. The normalized spacial score (nSPS) is 11.0. The van der Waals surface area contributed by atoms with Crippen molar-refractivity contribution in [2.75, 3.05) is 5.73 Å². The summed E-state index contributed by atoms with van der Waals surface area (Å²) in [5, 5.41) is 6.93. The van der Waals surface area contributed by atoms with Crippen molar-refractivity contribution in [2.45, 2.75) is 19.8 Å². The van der Waals surface area contributed by atoms with Crippen molar-refractivity contribution >= 4 is 39.7 Å². The van der Waals surface area contributed by atoms with Gasteiger partial charge in [0.1, 0.15) is 5.82 Å². The number of hydrogen-bond donors (Lipinski definition) is 1. The second kappa shape index (κ2) is 6.19. The summed E-state index contributed by atoms with van der Waals surface area (Å²) in [5.41, 5.74) is 10.7. The van der Waals surface area contributed by atoms with Crippen molar-refractivity contribution < 1.29 is 0 Å². The molecule has 0 fully saturated rings. The molecule has 0 saturated carbocycles. The molecule has 1 aromatic carbocycles. The van der Waals surface area contributed by atoms with Gasteiger partial charge in [0.15, 0.2) is 0 Å². The van der Waals surface area contributed by atoms with E-state index in [9.17, 15) is 0 Å². The molecule has 2 heterocycles. The highest BCUT2D eigenvalue weighted by atomic mass is 127. The van der Waals surface area contributed by atoms with Crippen molar-refractivity contribution in [2.24, 2.45) is 0 Å². The summed E-state index contributed by atoms with van der Waals surface area (Å²) in [4.78, 5) is 0. The van der Waals surface area contributed by atoms with Crippen LogP contribution in [0.3, 0.4) is 0 Å². The quantitative estimate of drug-likeness (QED) is 0.633. The van der Waals surface area contributed by atoms with Gasteiger partial charge in [0.2, 0.25) is 0 Å². The Labute approximate surface area is 141 Å². The second-order valence-electron chi connectivity index (χ2n) is 4.85. The number of thiophene rings is 1. The van der Waals surface area contributed by atoms with Gasteiger partial charge in [-0.15, -0.1) is 11.3 Å². The lowest BCUT2D eigenvalue weighted by Crippen LogP contribution is -2.02. The van der Waals surface area contributed by atoms with Gasteiger partial charge in [-0.1, -0.05) is 31.5 Å². The van der Waals surface area contributed by atoms with Crippen LogP contribution in [0.5, 0.6) is 0 Å². The van der Waals surface area contributed by atoms with Gasteiger partial charge in [0.05, 0.1) is 14.3 Å². The summed E-state index contributed by atoms with van der Waals surface area (Å²) >= 11 is 4.07. The van der Waals surface area contributed by atoms with Crippen LogP contribution in [0.4, 0.5) is 5.82 Å². The van der Waals surface area contributed by atoms with Crippen LogP contribution in [0.15, 0.2) is 41.8 Å². The monoisotopic (exact) mass is 409 g/mol. The minimum absolute atomic E-state index is 0.749. The van der Waals surface area contributed by atoms with Gasteiger partial charge in [-0.2, -0.15) is 5.10 Å². The standard InChI is InChI=1S/C16H16IN3S/c1-2-6-13-15(11-9-14(17)21-10-11)19-20(16(13)18)12-7-4-3-5-8-12/h3-5,7-10H,2,6,18H2,1H3. The predicted octanol–water partition coefficient (Wildman–Crippen LogP) is 4.74. The molecule has 108 valence electrons. The van der Waals surface area contributed by atoms with Crippen LogP contribution >= 0.6 is 33.9 Å². The van der Waals surface area contributed by atoms with Crippen molar-refractivity contribution in [1.29, 1.82) is 0 Å². The number of nitrogens with zero attached hydrogens (tertiary/aromatic N) is 2. The van der Waals surface area contributed by atoms with E-state index in [1.807, 2.05) is 35.0 Å². The number of halogens is 1. The van der Waals surface area contributed by atoms with Crippen LogP contribution in [0.1, 0.15) is 18.9 Å². The highest BCUT2D eigenvalue weighted by Gasteiger charge is 2.18. The van der Waals surface area contributed by atoms with Gasteiger partial charge in [0, 0.05) is 16.5 Å². The molecule has 0 amide bonds. The van der Waals surface area contributed by atoms with E-state index in [2.05, 4.69) is 41.0 Å². The van der Waals surface area contributed by atoms with Gasteiger partial charge in [-0.3, -0.25) is 0 Å². The molecule has 0 spiro atoms. The van der Waals surface area contributed by atoms with Gasteiger partial charge in [-0.25, -0.2) is 4.68 Å². The molecule has 21 heavy (non-hydrogen) atoms. The fourth-order valence-corrected chi connectivity index (χ4v) is 3.72. The zero-order valence-electron chi connectivity index (χ0n) is 11.7. The van der Waals surface area contributed by atoms with Crippen LogP contribution in [-0.4, -0.2) is 9.78 Å². The molecule has 3 rings (SSSR count). The lowest BCUT2D eigenvalue weighted by molar-refractivity contribution is 0.892. The SMILES string of the molecule is CCCc1c(-c2csc(I)c2)nn(-c2ccccc2)c1N. The minimum Gasteiger partial charge on any atom is -0.383 e. The molecule has 0 radical (unpaired) electrons. The third-order valence-electron chi connectivity index (χ3n) is 3.36. The Kier molecular flexibility index (Phi) is 4.30. The lowest BCUT2D eigenvalue weighted by Gasteiger charge is -2.04. The predicted molar refractivity (Wildman–Crippen MR) is 98.0 cm³/mol. The van der Waals surface area contributed by atoms with Crippen LogP contribution in [-0.2, 0) is 6.42 Å². The highest BCUT2D eigenvalue weighted by molar-refractivity contribution is 14.1. The molecule has 2 N–H and O–H groups in total. The maximum absolute atomic E-state index is 6.37. The maximum Gasteiger partial charge on any atom is 0.131 e. The molecular weight excluding hydrogens is 393 g/mol. The zero-order valence-corrected chi connectivity index (χ0v) is 14.7. The Hall–Kier alpha value is -1.34. The molecule has 0 bridgehead atoms. The summed E-state index contributed by atoms with van der Waals surface area (Å²) in [6.07, 6.45) is 2.00. The van der Waals surface area contributed by atoms with Gasteiger partial charge >= 0.3 is 0 Å². The zero-order chi connectivity index (χ0) is 14.8. The number of para-hydroxylation sites is 1. The highest BCUT2D eigenvalue weighted by Crippen LogP contribution is 2.33. The maximum atomic E-state index is 6.37. The average molecular weight is 409 g/mol. The van der Waals surface area contributed by atoms with E-state index in [-0.39, 0.29) is 0 Å². The van der Waals surface area contributed by atoms with Gasteiger partial charge in [0.25, 0.3) is 0 Å². The molecule has 0 aliphatic carbocycles. The van der Waals surface area contributed by atoms with Crippen molar-refractivity contribution in [3.63, 3.8) is 0 Å². The van der Waals surface area contributed by atoms with Gasteiger partial charge in [-0.05, 0) is 47.2 Å². The molecule has 0 unspecified atom stereocenters. The Balaban J connectivity index is 2.16. The number of hydrogen-bond acceptors (Lipinski definition) is 3. The first-order valence-corrected chi connectivity index (χ1v) is 8.83. The topological polar surface area (TPSA) is 43.8 Å². The average Bonchev–Trinajstić information content (AvgIpc) is 3.06. The number of nitrogens with two attached hydrogens (primary N) is 1. The van der Waals surface area contributed by atoms with E-state index in [1.54, 1.807) is 11.3 Å². The summed E-state index contributed by atoms with van der Waals surface area (Å²) in [7, 11) is 0. The van der Waals surface area contributed by atoms with Crippen LogP contribution in [0.25, 0.3) is 16.9 Å². The fraction of sp³-hybridized carbons (Fsp3) is 0.188. The minimum atomic E-state index is 0.749. The molecule has 3 nitrogen and oxygen atoms in total. The van der Waals surface area contributed by atoms with E-state index < -0.39 is 0 Å². The lowest BCUT2D eigenvalue weighted by atomic mass is 10.1. The Morgan fingerprint density at radius 2 is 2.05 bits per heavy atom. The number of nitrogen functional groups attached to an aromatic ring is 1.